The molecule has 0 bridgehead atoms. The average molecular weight is 496 g/mol. The topological polar surface area (TPSA) is 81.8 Å². The van der Waals surface area contributed by atoms with Crippen molar-refractivity contribution in [1.82, 2.24) is 4.98 Å². The first-order valence-electron chi connectivity index (χ1n) is 7.75. The molecule has 1 aromatic heterocycles. The Balaban J connectivity index is 0.00000364. The van der Waals surface area contributed by atoms with E-state index in [9.17, 15) is 13.2 Å². The highest BCUT2D eigenvalue weighted by Gasteiger charge is 2.30. The van der Waals surface area contributed by atoms with E-state index < -0.39 is 6.36 Å². The first kappa shape index (κ1) is 22.8. The molecule has 0 atom stereocenters. The molecule has 2 aromatic rings. The molecule has 0 saturated heterocycles. The number of nitrogens with one attached hydrogen (secondary N) is 1. The van der Waals surface area contributed by atoms with Crippen LogP contribution < -0.4 is 20.5 Å². The van der Waals surface area contributed by atoms with Crippen LogP contribution in [0.15, 0.2) is 47.6 Å². The maximum atomic E-state index is 12.1. The van der Waals surface area contributed by atoms with E-state index >= 15 is 0 Å². The summed E-state index contributed by atoms with van der Waals surface area (Å²) in [6.45, 7) is 4.12. The first-order valence-corrected chi connectivity index (χ1v) is 7.75. The third-order valence-electron chi connectivity index (χ3n) is 2.95. The predicted octanol–water partition coefficient (Wildman–Crippen LogP) is 4.31. The second-order valence-corrected chi connectivity index (χ2v) is 5.57. The lowest BCUT2D eigenvalue weighted by Crippen LogP contribution is -2.22. The summed E-state index contributed by atoms with van der Waals surface area (Å²) in [4.78, 5) is 8.31. The number of aromatic nitrogens is 1. The maximum Gasteiger partial charge on any atom is 0.573 e. The molecule has 2 rings (SSSR count). The van der Waals surface area contributed by atoms with E-state index in [1.165, 1.54) is 24.3 Å². The Morgan fingerprint density at radius 2 is 1.85 bits per heavy atom. The van der Waals surface area contributed by atoms with Gasteiger partial charge in [-0.2, -0.15) is 0 Å². The van der Waals surface area contributed by atoms with Crippen molar-refractivity contribution in [2.75, 3.05) is 5.32 Å². The van der Waals surface area contributed by atoms with Crippen molar-refractivity contribution in [3.05, 3.63) is 48.2 Å². The van der Waals surface area contributed by atoms with Gasteiger partial charge in [0.2, 0.25) is 5.88 Å². The van der Waals surface area contributed by atoms with Gasteiger partial charge in [0.05, 0.1) is 12.6 Å². The van der Waals surface area contributed by atoms with E-state index in [1.54, 1.807) is 12.3 Å². The molecule has 0 spiro atoms. The van der Waals surface area contributed by atoms with Crippen LogP contribution in [0.2, 0.25) is 0 Å². The van der Waals surface area contributed by atoms with E-state index in [0.29, 0.717) is 18.1 Å². The van der Waals surface area contributed by atoms with Crippen LogP contribution in [0, 0.1) is 0 Å². The smallest absolute Gasteiger partial charge is 0.475 e. The summed E-state index contributed by atoms with van der Waals surface area (Å²) in [5.74, 6) is 0.338. The van der Waals surface area contributed by atoms with Crippen LogP contribution in [0.1, 0.15) is 19.4 Å². The molecule has 0 radical (unpaired) electrons. The largest absolute Gasteiger partial charge is 0.573 e. The van der Waals surface area contributed by atoms with Crippen LogP contribution in [0.4, 0.5) is 18.9 Å². The molecule has 0 amide bonds. The van der Waals surface area contributed by atoms with Gasteiger partial charge in [-0.05, 0) is 43.7 Å². The Morgan fingerprint density at radius 3 is 2.37 bits per heavy atom. The van der Waals surface area contributed by atoms with E-state index in [0.717, 1.165) is 5.56 Å². The molecule has 10 heteroatoms. The summed E-state index contributed by atoms with van der Waals surface area (Å²) in [5.41, 5.74) is 7.09. The number of rotatable bonds is 6. The molecule has 148 valence electrons. The van der Waals surface area contributed by atoms with Gasteiger partial charge in [-0.25, -0.2) is 9.98 Å². The minimum Gasteiger partial charge on any atom is -0.475 e. The number of pyridine rings is 1. The van der Waals surface area contributed by atoms with Crippen LogP contribution in [0.3, 0.4) is 0 Å². The Labute approximate surface area is 172 Å². The second-order valence-electron chi connectivity index (χ2n) is 5.57. The summed E-state index contributed by atoms with van der Waals surface area (Å²) >= 11 is 0. The summed E-state index contributed by atoms with van der Waals surface area (Å²) in [6, 6.07) is 8.74. The third kappa shape index (κ3) is 8.80. The zero-order chi connectivity index (χ0) is 19.2. The number of hydrogen-bond donors (Lipinski definition) is 2. The molecule has 0 unspecified atom stereocenters. The average Bonchev–Trinajstić information content (AvgIpc) is 2.54. The number of nitrogens with zero attached hydrogens (tertiary/aromatic N) is 2. The highest BCUT2D eigenvalue weighted by atomic mass is 127. The van der Waals surface area contributed by atoms with Gasteiger partial charge >= 0.3 is 6.36 Å². The summed E-state index contributed by atoms with van der Waals surface area (Å²) in [6.07, 6.45) is -3.05. The molecule has 3 N–H and O–H groups in total. The quantitative estimate of drug-likeness (QED) is 0.354. The monoisotopic (exact) mass is 496 g/mol. The van der Waals surface area contributed by atoms with Crippen molar-refractivity contribution < 1.29 is 22.6 Å². The van der Waals surface area contributed by atoms with Gasteiger partial charge in [-0.15, -0.1) is 37.1 Å². The first-order chi connectivity index (χ1) is 12.2. The molecule has 27 heavy (non-hydrogen) atoms. The molecule has 1 heterocycles. The number of guanidine groups is 1. The van der Waals surface area contributed by atoms with Crippen LogP contribution in [-0.2, 0) is 6.54 Å². The fourth-order valence-electron chi connectivity index (χ4n) is 1.92. The molecule has 0 aliphatic rings. The van der Waals surface area contributed by atoms with E-state index in [2.05, 4.69) is 20.0 Å². The Hall–Kier alpha value is -2.24. The molecule has 1 aromatic carbocycles. The summed E-state index contributed by atoms with van der Waals surface area (Å²) in [5, 5.41) is 2.79. The van der Waals surface area contributed by atoms with E-state index in [-0.39, 0.29) is 41.8 Å². The summed E-state index contributed by atoms with van der Waals surface area (Å²) < 4.78 is 45.6. The van der Waals surface area contributed by atoms with Gasteiger partial charge in [-0.1, -0.05) is 6.07 Å². The molecular weight excluding hydrogens is 476 g/mol. The van der Waals surface area contributed by atoms with Crippen molar-refractivity contribution in [3.8, 4) is 11.6 Å². The predicted molar refractivity (Wildman–Crippen MR) is 107 cm³/mol. The number of halogens is 4. The fraction of sp³-hybridized carbons (Fsp3) is 0.294. The van der Waals surface area contributed by atoms with E-state index in [4.69, 9.17) is 10.5 Å². The van der Waals surface area contributed by atoms with Crippen molar-refractivity contribution in [3.63, 3.8) is 0 Å². The Morgan fingerprint density at radius 1 is 1.19 bits per heavy atom. The van der Waals surface area contributed by atoms with E-state index in [1.807, 2.05) is 19.9 Å². The number of aliphatic imine (C=N–C) groups is 1. The molecule has 0 aliphatic heterocycles. The van der Waals surface area contributed by atoms with Crippen molar-refractivity contribution in [2.24, 2.45) is 10.7 Å². The lowest BCUT2D eigenvalue weighted by Gasteiger charge is -2.10. The van der Waals surface area contributed by atoms with Gasteiger partial charge in [-0.3, -0.25) is 0 Å². The van der Waals surface area contributed by atoms with Crippen molar-refractivity contribution in [2.45, 2.75) is 32.9 Å². The van der Waals surface area contributed by atoms with Gasteiger partial charge in [0.1, 0.15) is 5.75 Å². The Kier molecular flexibility index (Phi) is 8.60. The minimum absolute atomic E-state index is 0. The Bertz CT molecular complexity index is 735. The highest BCUT2D eigenvalue weighted by Crippen LogP contribution is 2.23. The molecule has 0 fully saturated rings. The highest BCUT2D eigenvalue weighted by molar-refractivity contribution is 14.0. The third-order valence-corrected chi connectivity index (χ3v) is 2.95. The normalized spacial score (nSPS) is 11.7. The lowest BCUT2D eigenvalue weighted by atomic mass is 10.3. The van der Waals surface area contributed by atoms with Crippen molar-refractivity contribution >= 4 is 35.6 Å². The maximum absolute atomic E-state index is 12.1. The minimum atomic E-state index is -4.72. The number of benzene rings is 1. The lowest BCUT2D eigenvalue weighted by molar-refractivity contribution is -0.274. The number of alkyl halides is 3. The molecule has 6 nitrogen and oxygen atoms in total. The number of anilines is 1. The van der Waals surface area contributed by atoms with Gasteiger partial charge in [0, 0.05) is 18.0 Å². The molecular formula is C17H20F3IN4O2. The van der Waals surface area contributed by atoms with Gasteiger partial charge < -0.3 is 20.5 Å². The van der Waals surface area contributed by atoms with Crippen LogP contribution >= 0.6 is 24.0 Å². The van der Waals surface area contributed by atoms with Crippen LogP contribution in [0.5, 0.6) is 11.6 Å². The molecule has 0 aliphatic carbocycles. The molecule has 0 saturated carbocycles. The van der Waals surface area contributed by atoms with Crippen LogP contribution in [0.25, 0.3) is 0 Å². The SMILES string of the molecule is CC(C)Oc1ccc(CN=C(N)Nc2ccc(OC(F)(F)F)cc2)cn1.I. The second kappa shape index (κ2) is 10.2. The van der Waals surface area contributed by atoms with Gasteiger partial charge in [0.25, 0.3) is 0 Å². The zero-order valence-electron chi connectivity index (χ0n) is 14.7. The number of ether oxygens (including phenoxy) is 2. The van der Waals surface area contributed by atoms with Crippen molar-refractivity contribution in [1.29, 1.82) is 0 Å². The fourth-order valence-corrected chi connectivity index (χ4v) is 1.92. The standard InChI is InChI=1S/C17H19F3N4O2.HI/c1-11(2)25-15-8-3-12(9-22-15)10-23-16(21)24-13-4-6-14(7-5-13)26-17(18,19)20;/h3-9,11H,10H2,1-2H3,(H3,21,23,24);1H. The zero-order valence-corrected chi connectivity index (χ0v) is 17.0. The van der Waals surface area contributed by atoms with Gasteiger partial charge in [0.15, 0.2) is 5.96 Å². The number of hydrogen-bond acceptors (Lipinski definition) is 4. The number of nitrogens with two attached hydrogens (primary N) is 1. The summed E-state index contributed by atoms with van der Waals surface area (Å²) in [7, 11) is 0. The van der Waals surface area contributed by atoms with Crippen LogP contribution in [-0.4, -0.2) is 23.4 Å².